The minimum absolute atomic E-state index is 0.0971. The van der Waals surface area contributed by atoms with Crippen LogP contribution in [-0.4, -0.2) is 38.7 Å². The maximum atomic E-state index is 12.2. The number of carbonyl (C=O) groups is 1. The van der Waals surface area contributed by atoms with E-state index in [2.05, 4.69) is 20.3 Å². The van der Waals surface area contributed by atoms with Crippen LogP contribution < -0.4 is 15.4 Å². The molecular weight excluding hydrogens is 384 g/mol. The molecule has 3 aromatic rings. The molecule has 3 N–H and O–H groups in total. The van der Waals surface area contributed by atoms with Gasteiger partial charge < -0.3 is 10.6 Å². The number of nitrogens with one attached hydrogen (secondary N) is 3. The highest BCUT2D eigenvalue weighted by Gasteiger charge is 2.10. The van der Waals surface area contributed by atoms with Crippen LogP contribution in [0.5, 0.6) is 0 Å². The number of carbonyl (C=O) groups excluding carboxylic acids is 1. The van der Waals surface area contributed by atoms with Gasteiger partial charge in [-0.05, 0) is 23.8 Å². The first-order valence-corrected chi connectivity index (χ1v) is 11.0. The van der Waals surface area contributed by atoms with Gasteiger partial charge in [0.2, 0.25) is 15.9 Å². The van der Waals surface area contributed by atoms with E-state index in [4.69, 9.17) is 0 Å². The van der Waals surface area contributed by atoms with Crippen LogP contribution in [0.4, 0.5) is 10.8 Å². The molecule has 0 fully saturated rings. The van der Waals surface area contributed by atoms with Crippen molar-refractivity contribution in [1.29, 1.82) is 0 Å². The van der Waals surface area contributed by atoms with Gasteiger partial charge in [-0.15, -0.1) is 0 Å². The number of hydrogen-bond donors (Lipinski definition) is 3. The molecule has 1 amide bonds. The number of nitrogens with zero attached hydrogens (tertiary/aromatic N) is 1. The van der Waals surface area contributed by atoms with E-state index in [-0.39, 0.29) is 12.3 Å². The largest absolute Gasteiger partial charge is 0.360 e. The van der Waals surface area contributed by atoms with Crippen molar-refractivity contribution in [2.75, 3.05) is 29.4 Å². The third-order valence-electron chi connectivity index (χ3n) is 3.68. The molecule has 0 bridgehead atoms. The molecule has 0 radical (unpaired) electrons. The SMILES string of the molecule is CS(=O)(=O)Nc1ccccc1CC(=O)NCCNc1nc2ccccc2s1. The first-order chi connectivity index (χ1) is 12.9. The molecule has 1 heterocycles. The Morgan fingerprint density at radius 3 is 2.59 bits per heavy atom. The Balaban J connectivity index is 1.49. The standard InChI is InChI=1S/C18H20N4O3S2/c1-27(24,25)22-14-7-3-2-6-13(14)12-17(23)19-10-11-20-18-21-15-8-4-5-9-16(15)26-18/h2-9,22H,10-12H2,1H3,(H,19,23)(H,20,21). The van der Waals surface area contributed by atoms with Crippen LogP contribution in [0.2, 0.25) is 0 Å². The van der Waals surface area contributed by atoms with Crippen molar-refractivity contribution < 1.29 is 13.2 Å². The topological polar surface area (TPSA) is 100 Å². The Morgan fingerprint density at radius 1 is 1.07 bits per heavy atom. The number of para-hydroxylation sites is 2. The van der Waals surface area contributed by atoms with Gasteiger partial charge in [0, 0.05) is 13.1 Å². The van der Waals surface area contributed by atoms with Crippen LogP contribution in [-0.2, 0) is 21.2 Å². The Kier molecular flexibility index (Phi) is 5.92. The summed E-state index contributed by atoms with van der Waals surface area (Å²) in [5.74, 6) is -0.177. The van der Waals surface area contributed by atoms with Crippen molar-refractivity contribution in [3.05, 3.63) is 54.1 Å². The summed E-state index contributed by atoms with van der Waals surface area (Å²) in [6.07, 6.45) is 1.18. The summed E-state index contributed by atoms with van der Waals surface area (Å²) in [6.45, 7) is 0.991. The molecule has 0 saturated heterocycles. The van der Waals surface area contributed by atoms with E-state index >= 15 is 0 Å². The summed E-state index contributed by atoms with van der Waals surface area (Å²) in [5.41, 5.74) is 1.99. The first kappa shape index (κ1) is 19.1. The highest BCUT2D eigenvalue weighted by Crippen LogP contribution is 2.24. The summed E-state index contributed by atoms with van der Waals surface area (Å²) in [7, 11) is -3.40. The Hall–Kier alpha value is -2.65. The lowest BCUT2D eigenvalue weighted by atomic mass is 10.1. The molecule has 0 aliphatic rings. The normalized spacial score (nSPS) is 11.3. The summed E-state index contributed by atoms with van der Waals surface area (Å²) in [5, 5.41) is 6.83. The van der Waals surface area contributed by atoms with Crippen molar-refractivity contribution in [3.63, 3.8) is 0 Å². The van der Waals surface area contributed by atoms with Gasteiger partial charge in [0.25, 0.3) is 0 Å². The molecule has 0 aliphatic carbocycles. The third-order valence-corrected chi connectivity index (χ3v) is 5.27. The minimum atomic E-state index is -3.40. The van der Waals surface area contributed by atoms with E-state index in [0.717, 1.165) is 21.6 Å². The monoisotopic (exact) mass is 404 g/mol. The van der Waals surface area contributed by atoms with Crippen molar-refractivity contribution in [3.8, 4) is 0 Å². The third kappa shape index (κ3) is 5.66. The Morgan fingerprint density at radius 2 is 1.81 bits per heavy atom. The van der Waals surface area contributed by atoms with E-state index in [0.29, 0.717) is 24.3 Å². The molecule has 0 saturated carbocycles. The minimum Gasteiger partial charge on any atom is -0.360 e. The number of fused-ring (bicyclic) bond motifs is 1. The van der Waals surface area contributed by atoms with Crippen LogP contribution in [0.3, 0.4) is 0 Å². The fourth-order valence-electron chi connectivity index (χ4n) is 2.53. The van der Waals surface area contributed by atoms with Crippen molar-refractivity contribution in [2.24, 2.45) is 0 Å². The lowest BCUT2D eigenvalue weighted by Crippen LogP contribution is -2.30. The zero-order valence-electron chi connectivity index (χ0n) is 14.7. The fourth-order valence-corrected chi connectivity index (χ4v) is 4.02. The number of thiazole rings is 1. The summed E-state index contributed by atoms with van der Waals surface area (Å²) >= 11 is 1.57. The van der Waals surface area contributed by atoms with Crippen LogP contribution in [0.15, 0.2) is 48.5 Å². The predicted octanol–water partition coefficient (Wildman–Crippen LogP) is 2.44. The van der Waals surface area contributed by atoms with Gasteiger partial charge in [-0.2, -0.15) is 0 Å². The molecule has 27 heavy (non-hydrogen) atoms. The maximum absolute atomic E-state index is 12.2. The molecule has 0 atom stereocenters. The zero-order valence-corrected chi connectivity index (χ0v) is 16.4. The Labute approximate surface area is 161 Å². The quantitative estimate of drug-likeness (QED) is 0.501. The van der Waals surface area contributed by atoms with E-state index in [9.17, 15) is 13.2 Å². The second kappa shape index (κ2) is 8.36. The van der Waals surface area contributed by atoms with Gasteiger partial charge in [0.15, 0.2) is 5.13 Å². The number of hydrogen-bond acceptors (Lipinski definition) is 6. The number of anilines is 2. The fraction of sp³-hybridized carbons (Fsp3) is 0.222. The lowest BCUT2D eigenvalue weighted by molar-refractivity contribution is -0.120. The van der Waals surface area contributed by atoms with Crippen molar-refractivity contribution >= 4 is 48.3 Å². The van der Waals surface area contributed by atoms with Crippen LogP contribution >= 0.6 is 11.3 Å². The van der Waals surface area contributed by atoms with Crippen molar-refractivity contribution in [2.45, 2.75) is 6.42 Å². The average Bonchev–Trinajstić information content (AvgIpc) is 3.02. The number of sulfonamides is 1. The maximum Gasteiger partial charge on any atom is 0.229 e. The van der Waals surface area contributed by atoms with Gasteiger partial charge in [-0.25, -0.2) is 13.4 Å². The number of amides is 1. The zero-order chi connectivity index (χ0) is 19.3. The van der Waals surface area contributed by atoms with Gasteiger partial charge in [-0.1, -0.05) is 41.7 Å². The predicted molar refractivity (Wildman–Crippen MR) is 110 cm³/mol. The molecule has 1 aromatic heterocycles. The molecule has 0 aliphatic heterocycles. The molecule has 2 aromatic carbocycles. The summed E-state index contributed by atoms with van der Waals surface area (Å²) in [6, 6.07) is 14.7. The van der Waals surface area contributed by atoms with Crippen molar-refractivity contribution in [1.82, 2.24) is 10.3 Å². The van der Waals surface area contributed by atoms with Gasteiger partial charge in [-0.3, -0.25) is 9.52 Å². The highest BCUT2D eigenvalue weighted by atomic mass is 32.2. The second-order valence-electron chi connectivity index (χ2n) is 5.97. The molecule has 0 spiro atoms. The van der Waals surface area contributed by atoms with Gasteiger partial charge >= 0.3 is 0 Å². The highest BCUT2D eigenvalue weighted by molar-refractivity contribution is 7.92. The smallest absolute Gasteiger partial charge is 0.229 e. The second-order valence-corrected chi connectivity index (χ2v) is 8.75. The molecule has 9 heteroatoms. The molecule has 0 unspecified atom stereocenters. The first-order valence-electron chi connectivity index (χ1n) is 8.32. The van der Waals surface area contributed by atoms with Crippen LogP contribution in [0.1, 0.15) is 5.56 Å². The molecule has 142 valence electrons. The van der Waals surface area contributed by atoms with E-state index < -0.39 is 10.0 Å². The van der Waals surface area contributed by atoms with Gasteiger partial charge in [0.05, 0.1) is 28.6 Å². The number of rotatable bonds is 8. The van der Waals surface area contributed by atoms with Gasteiger partial charge in [0.1, 0.15) is 0 Å². The number of benzene rings is 2. The molecule has 7 nitrogen and oxygen atoms in total. The molecule has 3 rings (SSSR count). The summed E-state index contributed by atoms with van der Waals surface area (Å²) < 4.78 is 26.4. The van der Waals surface area contributed by atoms with E-state index in [1.807, 2.05) is 24.3 Å². The summed E-state index contributed by atoms with van der Waals surface area (Å²) in [4.78, 5) is 16.6. The Bertz CT molecular complexity index is 1010. The van der Waals surface area contributed by atoms with E-state index in [1.165, 1.54) is 0 Å². The lowest BCUT2D eigenvalue weighted by Gasteiger charge is -2.11. The van der Waals surface area contributed by atoms with Crippen LogP contribution in [0.25, 0.3) is 10.2 Å². The molecular formula is C18H20N4O3S2. The van der Waals surface area contributed by atoms with E-state index in [1.54, 1.807) is 35.6 Å². The van der Waals surface area contributed by atoms with Crippen LogP contribution in [0, 0.1) is 0 Å². The number of aromatic nitrogens is 1. The average molecular weight is 405 g/mol.